The summed E-state index contributed by atoms with van der Waals surface area (Å²) in [5, 5.41) is 19.5. The van der Waals surface area contributed by atoms with Crippen LogP contribution in [0.3, 0.4) is 0 Å². The molecule has 94 valence electrons. The number of benzene rings is 1. The fraction of sp³-hybridized carbons (Fsp3) is 0.273. The Kier molecular flexibility index (Phi) is 4.63. The van der Waals surface area contributed by atoms with Crippen molar-refractivity contribution in [3.8, 4) is 6.07 Å². The van der Waals surface area contributed by atoms with Crippen LogP contribution in [0, 0.1) is 21.4 Å². The molecule has 6 nitrogen and oxygen atoms in total. The fourth-order valence-corrected chi connectivity index (χ4v) is 1.66. The second-order valence-corrected chi connectivity index (χ2v) is 3.73. The summed E-state index contributed by atoms with van der Waals surface area (Å²) in [6.45, 7) is 1.89. The second kappa shape index (κ2) is 5.98. The average Bonchev–Trinajstić information content (AvgIpc) is 2.28. The zero-order valence-electron chi connectivity index (χ0n) is 9.47. The lowest BCUT2D eigenvalue weighted by atomic mass is 10.1. The van der Waals surface area contributed by atoms with E-state index in [4.69, 9.17) is 21.6 Å². The van der Waals surface area contributed by atoms with Gasteiger partial charge < -0.3 is 4.74 Å². The minimum absolute atomic E-state index is 0.0500. The lowest BCUT2D eigenvalue weighted by Crippen LogP contribution is -2.08. The molecule has 18 heavy (non-hydrogen) atoms. The summed E-state index contributed by atoms with van der Waals surface area (Å²) in [5.74, 6) is -0.507. The Hall–Kier alpha value is -2.13. The van der Waals surface area contributed by atoms with Crippen LogP contribution in [0.25, 0.3) is 0 Å². The first kappa shape index (κ1) is 13.9. The molecule has 0 unspecified atom stereocenters. The molecule has 1 aromatic rings. The molecule has 0 amide bonds. The van der Waals surface area contributed by atoms with E-state index in [0.717, 1.165) is 6.07 Å². The molecule has 0 heterocycles. The van der Waals surface area contributed by atoms with Crippen molar-refractivity contribution in [2.45, 2.75) is 13.3 Å². The van der Waals surface area contributed by atoms with Crippen molar-refractivity contribution >= 4 is 23.3 Å². The Labute approximate surface area is 108 Å². The maximum atomic E-state index is 11.3. The Morgan fingerprint density at radius 3 is 2.78 bits per heavy atom. The third-order valence-corrected chi connectivity index (χ3v) is 2.39. The van der Waals surface area contributed by atoms with Crippen LogP contribution >= 0.6 is 11.6 Å². The third kappa shape index (κ3) is 3.18. The van der Waals surface area contributed by atoms with Crippen molar-refractivity contribution in [3.05, 3.63) is 38.4 Å². The molecule has 0 aliphatic carbocycles. The van der Waals surface area contributed by atoms with E-state index in [2.05, 4.69) is 0 Å². The first-order valence-corrected chi connectivity index (χ1v) is 5.40. The molecule has 7 heteroatoms. The molecule has 0 aliphatic rings. The van der Waals surface area contributed by atoms with E-state index >= 15 is 0 Å². The maximum absolute atomic E-state index is 11.3. The average molecular weight is 269 g/mol. The van der Waals surface area contributed by atoms with Crippen molar-refractivity contribution in [3.63, 3.8) is 0 Å². The standard InChI is InChI=1S/C11H9ClN2O4/c1-2-18-11(15)5-7-3-9(12)8(6-13)10(4-7)14(16)17/h3-4H,2,5H2,1H3. The third-order valence-electron chi connectivity index (χ3n) is 2.09. The highest BCUT2D eigenvalue weighted by Gasteiger charge is 2.19. The van der Waals surface area contributed by atoms with E-state index in [1.807, 2.05) is 0 Å². The van der Waals surface area contributed by atoms with Crippen LogP contribution in [-0.2, 0) is 16.0 Å². The largest absolute Gasteiger partial charge is 0.466 e. The molecule has 0 atom stereocenters. The van der Waals surface area contributed by atoms with Gasteiger partial charge in [0.05, 0.1) is 23.0 Å². The van der Waals surface area contributed by atoms with Crippen LogP contribution in [-0.4, -0.2) is 17.5 Å². The highest BCUT2D eigenvalue weighted by molar-refractivity contribution is 6.32. The summed E-state index contributed by atoms with van der Waals surface area (Å²) in [4.78, 5) is 21.3. The number of carbonyl (C=O) groups excluding carboxylic acids is 1. The predicted octanol–water partition coefficient (Wildman–Crippen LogP) is 2.23. The zero-order chi connectivity index (χ0) is 13.7. The quantitative estimate of drug-likeness (QED) is 0.474. The number of ether oxygens (including phenoxy) is 1. The van der Waals surface area contributed by atoms with Gasteiger partial charge in [-0.3, -0.25) is 14.9 Å². The van der Waals surface area contributed by atoms with Crippen LogP contribution < -0.4 is 0 Å². The van der Waals surface area contributed by atoms with Gasteiger partial charge in [-0.2, -0.15) is 5.26 Å². The predicted molar refractivity (Wildman–Crippen MR) is 63.2 cm³/mol. The van der Waals surface area contributed by atoms with Gasteiger partial charge in [0.2, 0.25) is 0 Å². The molecule has 1 rings (SSSR count). The van der Waals surface area contributed by atoms with Gasteiger partial charge in [-0.25, -0.2) is 0 Å². The number of hydrogen-bond acceptors (Lipinski definition) is 5. The maximum Gasteiger partial charge on any atom is 0.310 e. The van der Waals surface area contributed by atoms with Gasteiger partial charge >= 0.3 is 5.97 Å². The van der Waals surface area contributed by atoms with Crippen molar-refractivity contribution in [2.75, 3.05) is 6.61 Å². The van der Waals surface area contributed by atoms with Crippen molar-refractivity contribution < 1.29 is 14.5 Å². The van der Waals surface area contributed by atoms with Crippen molar-refractivity contribution in [1.29, 1.82) is 5.26 Å². The van der Waals surface area contributed by atoms with E-state index in [1.54, 1.807) is 13.0 Å². The first-order chi connectivity index (χ1) is 8.49. The molecule has 0 bridgehead atoms. The molecular formula is C11H9ClN2O4. The topological polar surface area (TPSA) is 93.2 Å². The molecular weight excluding hydrogens is 260 g/mol. The lowest BCUT2D eigenvalue weighted by molar-refractivity contribution is -0.385. The number of nitrogens with zero attached hydrogens (tertiary/aromatic N) is 2. The van der Waals surface area contributed by atoms with Crippen LogP contribution in [0.5, 0.6) is 0 Å². The molecule has 0 radical (unpaired) electrons. The highest BCUT2D eigenvalue weighted by atomic mass is 35.5. The fourth-order valence-electron chi connectivity index (χ4n) is 1.38. The first-order valence-electron chi connectivity index (χ1n) is 5.02. The molecule has 0 aromatic heterocycles. The summed E-state index contributed by atoms with van der Waals surface area (Å²) >= 11 is 5.76. The van der Waals surface area contributed by atoms with Gasteiger partial charge in [0, 0.05) is 6.07 Å². The van der Waals surface area contributed by atoms with E-state index in [9.17, 15) is 14.9 Å². The molecule has 0 spiro atoms. The van der Waals surface area contributed by atoms with Gasteiger partial charge in [-0.15, -0.1) is 0 Å². The summed E-state index contributed by atoms with van der Waals surface area (Å²) in [6, 6.07) is 4.17. The summed E-state index contributed by atoms with van der Waals surface area (Å²) in [5.41, 5.74) is -0.289. The molecule has 1 aromatic carbocycles. The van der Waals surface area contributed by atoms with Crippen LogP contribution in [0.2, 0.25) is 5.02 Å². The highest BCUT2D eigenvalue weighted by Crippen LogP contribution is 2.27. The number of carbonyl (C=O) groups is 1. The second-order valence-electron chi connectivity index (χ2n) is 3.32. The minimum atomic E-state index is -0.709. The zero-order valence-corrected chi connectivity index (χ0v) is 10.2. The van der Waals surface area contributed by atoms with Gasteiger partial charge in [0.1, 0.15) is 11.6 Å². The SMILES string of the molecule is CCOC(=O)Cc1cc(Cl)c(C#N)c([N+](=O)[O-])c1. The number of nitriles is 1. The molecule has 0 aliphatic heterocycles. The Morgan fingerprint density at radius 2 is 2.28 bits per heavy atom. The number of esters is 1. The molecule has 0 saturated heterocycles. The van der Waals surface area contributed by atoms with Crippen LogP contribution in [0.15, 0.2) is 12.1 Å². The number of rotatable bonds is 4. The van der Waals surface area contributed by atoms with Gasteiger partial charge in [0.15, 0.2) is 0 Å². The summed E-state index contributed by atoms with van der Waals surface area (Å²) < 4.78 is 4.73. The van der Waals surface area contributed by atoms with E-state index in [1.165, 1.54) is 6.07 Å². The van der Waals surface area contributed by atoms with Crippen LogP contribution in [0.1, 0.15) is 18.1 Å². The van der Waals surface area contributed by atoms with Gasteiger partial charge in [-0.1, -0.05) is 11.6 Å². The Balaban J connectivity index is 3.14. The van der Waals surface area contributed by atoms with Crippen LogP contribution in [0.4, 0.5) is 5.69 Å². The number of nitro benzene ring substituents is 1. The number of nitro groups is 1. The smallest absolute Gasteiger partial charge is 0.310 e. The number of halogens is 1. The molecule has 0 N–H and O–H groups in total. The van der Waals surface area contributed by atoms with E-state index in [0.29, 0.717) is 5.56 Å². The lowest BCUT2D eigenvalue weighted by Gasteiger charge is -2.04. The molecule has 0 fully saturated rings. The van der Waals surface area contributed by atoms with Gasteiger partial charge in [0.25, 0.3) is 5.69 Å². The van der Waals surface area contributed by atoms with E-state index in [-0.39, 0.29) is 23.6 Å². The Bertz CT molecular complexity index is 537. The summed E-state index contributed by atoms with van der Waals surface area (Å²) in [7, 11) is 0. The summed E-state index contributed by atoms with van der Waals surface area (Å²) in [6.07, 6.45) is -0.125. The van der Waals surface area contributed by atoms with Crippen molar-refractivity contribution in [2.24, 2.45) is 0 Å². The Morgan fingerprint density at radius 1 is 1.61 bits per heavy atom. The number of hydrogen-bond donors (Lipinski definition) is 0. The minimum Gasteiger partial charge on any atom is -0.466 e. The van der Waals surface area contributed by atoms with E-state index < -0.39 is 16.6 Å². The van der Waals surface area contributed by atoms with Crippen molar-refractivity contribution in [1.82, 2.24) is 0 Å². The normalized spacial score (nSPS) is 9.61. The monoisotopic (exact) mass is 268 g/mol. The van der Waals surface area contributed by atoms with Gasteiger partial charge in [-0.05, 0) is 18.6 Å². The molecule has 0 saturated carbocycles.